The fraction of sp³-hybridized carbons (Fsp3) is 0.333. The number of ether oxygens (including phenoxy) is 1. The highest BCUT2D eigenvalue weighted by molar-refractivity contribution is 6.35. The van der Waals surface area contributed by atoms with E-state index in [0.29, 0.717) is 10.9 Å². The molecule has 0 bridgehead atoms. The van der Waals surface area contributed by atoms with Crippen molar-refractivity contribution in [2.24, 2.45) is 5.92 Å². The molecule has 2 aromatic rings. The van der Waals surface area contributed by atoms with Crippen molar-refractivity contribution in [3.05, 3.63) is 58.6 Å². The van der Waals surface area contributed by atoms with Crippen LogP contribution in [0.4, 0.5) is 5.69 Å². The fourth-order valence-electron chi connectivity index (χ4n) is 4.97. The van der Waals surface area contributed by atoms with Crippen LogP contribution in [0.2, 0.25) is 5.02 Å². The van der Waals surface area contributed by atoms with Crippen LogP contribution >= 0.6 is 11.6 Å². The van der Waals surface area contributed by atoms with E-state index in [1.165, 1.54) is 16.7 Å². The minimum atomic E-state index is -0.0981. The van der Waals surface area contributed by atoms with Gasteiger partial charge in [-0.1, -0.05) is 35.9 Å². The van der Waals surface area contributed by atoms with Crippen LogP contribution in [0.25, 0.3) is 16.7 Å². The van der Waals surface area contributed by atoms with Gasteiger partial charge in [-0.25, -0.2) is 0 Å². The lowest BCUT2D eigenvalue weighted by molar-refractivity contribution is 0.137. The van der Waals surface area contributed by atoms with Crippen LogP contribution in [0.5, 0.6) is 11.5 Å². The topological polar surface area (TPSA) is 41.5 Å². The summed E-state index contributed by atoms with van der Waals surface area (Å²) in [5.41, 5.74) is 6.52. The molecular weight excluding hydrogens is 370 g/mol. The molecule has 2 aromatic carbocycles. The van der Waals surface area contributed by atoms with E-state index < -0.39 is 0 Å². The van der Waals surface area contributed by atoms with Crippen molar-refractivity contribution >= 4 is 22.9 Å². The summed E-state index contributed by atoms with van der Waals surface area (Å²) < 4.78 is 6.55. The van der Waals surface area contributed by atoms with E-state index in [1.807, 2.05) is 6.07 Å². The largest absolute Gasteiger partial charge is 0.506 e. The van der Waals surface area contributed by atoms with Crippen LogP contribution in [-0.2, 0) is 0 Å². The molecule has 0 radical (unpaired) electrons. The third kappa shape index (κ3) is 2.56. The Kier molecular flexibility index (Phi) is 3.82. The molecule has 5 rings (SSSR count). The van der Waals surface area contributed by atoms with E-state index in [2.05, 4.69) is 56.4 Å². The zero-order chi connectivity index (χ0) is 19.6. The zero-order valence-corrected chi connectivity index (χ0v) is 17.1. The van der Waals surface area contributed by atoms with Gasteiger partial charge in [-0.2, -0.15) is 0 Å². The standard InChI is InChI=1S/C24H24ClNO2/c1-13-12-24(2,3)26-16-9-8-15-20-18(11-10-17(27)22(20)25)28-23(21(15)19(13)16)14-6-4-5-7-14/h4-5,8-12,14,23,26-27H,6-7H2,1-3H3/t23-/m0/s1. The summed E-state index contributed by atoms with van der Waals surface area (Å²) in [4.78, 5) is 0. The molecule has 144 valence electrons. The molecule has 2 aliphatic heterocycles. The lowest BCUT2D eigenvalue weighted by Gasteiger charge is -2.39. The first-order chi connectivity index (χ1) is 13.4. The molecule has 0 amide bonds. The molecule has 0 aromatic heterocycles. The van der Waals surface area contributed by atoms with Gasteiger partial charge in [-0.15, -0.1) is 0 Å². The van der Waals surface area contributed by atoms with Crippen molar-refractivity contribution < 1.29 is 9.84 Å². The number of phenolic OH excluding ortho intramolecular Hbond substituents is 1. The van der Waals surface area contributed by atoms with Crippen LogP contribution in [0.15, 0.2) is 42.5 Å². The second-order valence-electron chi connectivity index (χ2n) is 8.64. The Bertz CT molecular complexity index is 1040. The fourth-order valence-corrected chi connectivity index (χ4v) is 5.23. The van der Waals surface area contributed by atoms with Gasteiger partial charge >= 0.3 is 0 Å². The molecule has 0 saturated heterocycles. The van der Waals surface area contributed by atoms with Gasteiger partial charge in [0.25, 0.3) is 0 Å². The lowest BCUT2D eigenvalue weighted by atomic mass is 9.78. The Balaban J connectivity index is 1.80. The van der Waals surface area contributed by atoms with Crippen LogP contribution in [0, 0.1) is 5.92 Å². The molecule has 1 aliphatic carbocycles. The molecule has 2 heterocycles. The number of fused-ring (bicyclic) bond motifs is 5. The molecule has 4 heteroatoms. The van der Waals surface area contributed by atoms with Crippen molar-refractivity contribution in [3.63, 3.8) is 0 Å². The number of phenols is 1. The van der Waals surface area contributed by atoms with Crippen LogP contribution in [0.3, 0.4) is 0 Å². The van der Waals surface area contributed by atoms with Gasteiger partial charge in [0.1, 0.15) is 17.6 Å². The van der Waals surface area contributed by atoms with E-state index in [0.717, 1.165) is 35.4 Å². The van der Waals surface area contributed by atoms with Crippen molar-refractivity contribution in [3.8, 4) is 22.6 Å². The number of hydrogen-bond donors (Lipinski definition) is 2. The summed E-state index contributed by atoms with van der Waals surface area (Å²) in [6.45, 7) is 6.53. The average molecular weight is 394 g/mol. The minimum absolute atomic E-state index is 0.0422. The summed E-state index contributed by atoms with van der Waals surface area (Å²) in [6, 6.07) is 7.70. The zero-order valence-electron chi connectivity index (χ0n) is 16.3. The Morgan fingerprint density at radius 3 is 2.61 bits per heavy atom. The number of hydrogen-bond acceptors (Lipinski definition) is 3. The Morgan fingerprint density at radius 1 is 1.11 bits per heavy atom. The third-order valence-electron chi connectivity index (χ3n) is 6.04. The average Bonchev–Trinajstić information content (AvgIpc) is 3.16. The number of aromatic hydroxyl groups is 1. The Labute approximate surface area is 170 Å². The quantitative estimate of drug-likeness (QED) is 0.528. The summed E-state index contributed by atoms with van der Waals surface area (Å²) in [7, 11) is 0. The van der Waals surface area contributed by atoms with Gasteiger partial charge in [0, 0.05) is 28.3 Å². The molecular formula is C24H24ClNO2. The third-order valence-corrected chi connectivity index (χ3v) is 6.42. The smallest absolute Gasteiger partial charge is 0.135 e. The molecule has 28 heavy (non-hydrogen) atoms. The molecule has 0 fully saturated rings. The van der Waals surface area contributed by atoms with Crippen molar-refractivity contribution in [1.82, 2.24) is 0 Å². The molecule has 3 nitrogen and oxygen atoms in total. The van der Waals surface area contributed by atoms with Gasteiger partial charge in [-0.05, 0) is 62.9 Å². The molecule has 0 saturated carbocycles. The monoisotopic (exact) mass is 393 g/mol. The van der Waals surface area contributed by atoms with Crippen LogP contribution in [0.1, 0.15) is 50.8 Å². The minimum Gasteiger partial charge on any atom is -0.506 e. The molecule has 0 unspecified atom stereocenters. The first-order valence-corrected chi connectivity index (χ1v) is 10.2. The van der Waals surface area contributed by atoms with Gasteiger partial charge in [0.15, 0.2) is 0 Å². The Hall–Kier alpha value is -2.39. The summed E-state index contributed by atoms with van der Waals surface area (Å²) in [5, 5.41) is 14.2. The van der Waals surface area contributed by atoms with Crippen molar-refractivity contribution in [1.29, 1.82) is 0 Å². The molecule has 0 spiro atoms. The predicted octanol–water partition coefficient (Wildman–Crippen LogP) is 6.72. The van der Waals surface area contributed by atoms with Crippen LogP contribution in [-0.4, -0.2) is 10.6 Å². The number of anilines is 1. The predicted molar refractivity (Wildman–Crippen MR) is 115 cm³/mol. The number of benzene rings is 2. The number of rotatable bonds is 1. The van der Waals surface area contributed by atoms with E-state index in [-0.39, 0.29) is 17.4 Å². The molecule has 2 N–H and O–H groups in total. The van der Waals surface area contributed by atoms with E-state index in [1.54, 1.807) is 6.07 Å². The lowest BCUT2D eigenvalue weighted by Crippen LogP contribution is -2.33. The number of halogens is 1. The second-order valence-corrected chi connectivity index (χ2v) is 9.01. The highest BCUT2D eigenvalue weighted by Gasteiger charge is 2.38. The summed E-state index contributed by atoms with van der Waals surface area (Å²) >= 11 is 6.54. The van der Waals surface area contributed by atoms with E-state index in [9.17, 15) is 5.11 Å². The Morgan fingerprint density at radius 2 is 1.86 bits per heavy atom. The van der Waals surface area contributed by atoms with Crippen LogP contribution < -0.4 is 10.1 Å². The van der Waals surface area contributed by atoms with Gasteiger partial charge in [0.2, 0.25) is 0 Å². The summed E-state index contributed by atoms with van der Waals surface area (Å²) in [5.74, 6) is 1.23. The second kappa shape index (κ2) is 6.05. The molecule has 3 aliphatic rings. The maximum atomic E-state index is 10.2. The maximum absolute atomic E-state index is 10.2. The maximum Gasteiger partial charge on any atom is 0.135 e. The highest BCUT2D eigenvalue weighted by Crippen LogP contribution is 2.55. The van der Waals surface area contributed by atoms with Gasteiger partial charge < -0.3 is 15.2 Å². The van der Waals surface area contributed by atoms with E-state index in [4.69, 9.17) is 16.3 Å². The highest BCUT2D eigenvalue weighted by atomic mass is 35.5. The van der Waals surface area contributed by atoms with Crippen molar-refractivity contribution in [2.75, 3.05) is 5.32 Å². The summed E-state index contributed by atoms with van der Waals surface area (Å²) in [6.07, 6.45) is 8.74. The van der Waals surface area contributed by atoms with Gasteiger partial charge in [0.05, 0.1) is 10.6 Å². The van der Waals surface area contributed by atoms with Crippen molar-refractivity contribution in [2.45, 2.75) is 45.3 Å². The number of allylic oxidation sites excluding steroid dienone is 3. The molecule has 1 atom stereocenters. The van der Waals surface area contributed by atoms with E-state index >= 15 is 0 Å². The first-order valence-electron chi connectivity index (χ1n) is 9.84. The normalized spacial score (nSPS) is 21.9. The number of nitrogens with one attached hydrogen (secondary N) is 1. The van der Waals surface area contributed by atoms with Gasteiger partial charge in [-0.3, -0.25) is 0 Å². The SMILES string of the molecule is CC1=CC(C)(C)Nc2ccc3c(c21)[C@H](C1CC=CC1)Oc1ccc(O)c(Cl)c1-3. The first kappa shape index (κ1) is 17.7.